The minimum absolute atomic E-state index is 0.477. The lowest BCUT2D eigenvalue weighted by Crippen LogP contribution is -1.91. The highest BCUT2D eigenvalue weighted by Crippen LogP contribution is 2.27. The molecule has 0 aliphatic heterocycles. The number of nitrogens with zero attached hydrogens (tertiary/aromatic N) is 3. The molecular weight excluding hydrogens is 242 g/mol. The number of hydrogen-bond donors (Lipinski definition) is 1. The van der Waals surface area contributed by atoms with E-state index in [1.54, 1.807) is 13.1 Å². The summed E-state index contributed by atoms with van der Waals surface area (Å²) in [6.07, 6.45) is 1.20. The highest BCUT2D eigenvalue weighted by atomic mass is 32.2. The molecule has 84 valence electrons. The van der Waals surface area contributed by atoms with Crippen molar-refractivity contribution in [2.45, 2.75) is 29.3 Å². The highest BCUT2D eigenvalue weighted by molar-refractivity contribution is 8.00. The summed E-state index contributed by atoms with van der Waals surface area (Å²) in [5.74, 6) is 0.785. The third kappa shape index (κ3) is 2.78. The molecule has 6 heteroatoms. The van der Waals surface area contributed by atoms with Crippen molar-refractivity contribution in [3.8, 4) is 0 Å². The first-order chi connectivity index (χ1) is 7.65. The molecule has 0 saturated heterocycles. The Labute approximate surface area is 102 Å². The van der Waals surface area contributed by atoms with Gasteiger partial charge in [0.15, 0.2) is 4.34 Å². The van der Waals surface area contributed by atoms with Gasteiger partial charge in [-0.2, -0.15) is 4.37 Å². The summed E-state index contributed by atoms with van der Waals surface area (Å²) in [4.78, 5) is 8.49. The van der Waals surface area contributed by atoms with Gasteiger partial charge in [-0.15, -0.1) is 0 Å². The Bertz CT molecular complexity index is 467. The number of pyridine rings is 1. The molecule has 0 aliphatic carbocycles. The van der Waals surface area contributed by atoms with Crippen molar-refractivity contribution in [2.24, 2.45) is 0 Å². The summed E-state index contributed by atoms with van der Waals surface area (Å²) in [5, 5.41) is 10.2. The van der Waals surface area contributed by atoms with Gasteiger partial charge in [-0.3, -0.25) is 0 Å². The summed E-state index contributed by atoms with van der Waals surface area (Å²) < 4.78 is 4.98. The third-order valence-corrected chi connectivity index (χ3v) is 3.74. The van der Waals surface area contributed by atoms with Gasteiger partial charge in [0.1, 0.15) is 10.9 Å². The largest absolute Gasteiger partial charge is 0.389 e. The molecule has 1 N–H and O–H groups in total. The number of rotatable bonds is 3. The van der Waals surface area contributed by atoms with Crippen LogP contribution < -0.4 is 0 Å². The van der Waals surface area contributed by atoms with Gasteiger partial charge in [0.05, 0.1) is 6.10 Å². The molecule has 2 aromatic heterocycles. The first kappa shape index (κ1) is 11.5. The van der Waals surface area contributed by atoms with Crippen molar-refractivity contribution in [1.29, 1.82) is 0 Å². The summed E-state index contributed by atoms with van der Waals surface area (Å²) >= 11 is 2.85. The van der Waals surface area contributed by atoms with Gasteiger partial charge >= 0.3 is 0 Å². The molecule has 0 aliphatic rings. The molecule has 2 aromatic rings. The Kier molecular flexibility index (Phi) is 3.52. The highest BCUT2D eigenvalue weighted by Gasteiger charge is 2.05. The molecule has 4 nitrogen and oxygen atoms in total. The van der Waals surface area contributed by atoms with Gasteiger partial charge in [0, 0.05) is 6.20 Å². The van der Waals surface area contributed by atoms with E-state index in [4.69, 9.17) is 0 Å². The zero-order valence-corrected chi connectivity index (χ0v) is 10.5. The van der Waals surface area contributed by atoms with E-state index in [1.807, 2.05) is 19.1 Å². The molecule has 0 bridgehead atoms. The van der Waals surface area contributed by atoms with E-state index in [2.05, 4.69) is 14.3 Å². The zero-order chi connectivity index (χ0) is 11.5. The van der Waals surface area contributed by atoms with Crippen molar-refractivity contribution in [2.75, 3.05) is 0 Å². The van der Waals surface area contributed by atoms with Gasteiger partial charge in [-0.1, -0.05) is 6.07 Å². The summed E-state index contributed by atoms with van der Waals surface area (Å²) in [6.45, 7) is 3.59. The monoisotopic (exact) mass is 253 g/mol. The van der Waals surface area contributed by atoms with Crippen LogP contribution in [-0.2, 0) is 0 Å². The molecule has 2 heterocycles. The maximum absolute atomic E-state index is 9.34. The number of aliphatic hydroxyl groups excluding tert-OH is 1. The van der Waals surface area contributed by atoms with E-state index in [9.17, 15) is 5.11 Å². The topological polar surface area (TPSA) is 58.9 Å². The lowest BCUT2D eigenvalue weighted by atomic mass is 10.2. The fraction of sp³-hybridized carbons (Fsp3) is 0.300. The van der Waals surface area contributed by atoms with Crippen LogP contribution in [0.3, 0.4) is 0 Å². The molecule has 0 unspecified atom stereocenters. The normalized spacial score (nSPS) is 12.7. The van der Waals surface area contributed by atoms with E-state index < -0.39 is 6.10 Å². The predicted molar refractivity (Wildman–Crippen MR) is 63.6 cm³/mol. The minimum atomic E-state index is -0.477. The number of hydrogen-bond acceptors (Lipinski definition) is 6. The summed E-state index contributed by atoms with van der Waals surface area (Å²) in [6, 6.07) is 3.75. The smallest absolute Gasteiger partial charge is 0.176 e. The van der Waals surface area contributed by atoms with Crippen LogP contribution >= 0.6 is 23.3 Å². The Morgan fingerprint density at radius 2 is 2.25 bits per heavy atom. The SMILES string of the molecule is Cc1nsc(Sc2ccc([C@@H](C)O)cn2)n1. The van der Waals surface area contributed by atoms with Crippen LogP contribution in [-0.4, -0.2) is 19.4 Å². The van der Waals surface area contributed by atoms with E-state index in [1.165, 1.54) is 23.3 Å². The Morgan fingerprint density at radius 3 is 2.75 bits per heavy atom. The molecule has 0 saturated carbocycles. The summed E-state index contributed by atoms with van der Waals surface area (Å²) in [5.41, 5.74) is 0.817. The van der Waals surface area contributed by atoms with Crippen LogP contribution in [0.4, 0.5) is 0 Å². The lowest BCUT2D eigenvalue weighted by molar-refractivity contribution is 0.198. The first-order valence-electron chi connectivity index (χ1n) is 4.77. The van der Waals surface area contributed by atoms with Crippen LogP contribution in [0.25, 0.3) is 0 Å². The van der Waals surface area contributed by atoms with Gasteiger partial charge in [0.2, 0.25) is 0 Å². The molecule has 0 spiro atoms. The van der Waals surface area contributed by atoms with E-state index in [0.717, 1.165) is 20.8 Å². The predicted octanol–water partition coefficient (Wildman–Crippen LogP) is 2.45. The molecule has 0 amide bonds. The van der Waals surface area contributed by atoms with Gasteiger partial charge in [-0.05, 0) is 48.8 Å². The fourth-order valence-electron chi connectivity index (χ4n) is 1.11. The van der Waals surface area contributed by atoms with E-state index in [0.29, 0.717) is 0 Å². The third-order valence-electron chi connectivity index (χ3n) is 1.94. The maximum atomic E-state index is 9.34. The Balaban J connectivity index is 2.11. The number of aliphatic hydroxyl groups is 1. The number of aryl methyl sites for hydroxylation is 1. The van der Waals surface area contributed by atoms with Crippen molar-refractivity contribution in [3.05, 3.63) is 29.7 Å². The van der Waals surface area contributed by atoms with Crippen molar-refractivity contribution in [1.82, 2.24) is 14.3 Å². The van der Waals surface area contributed by atoms with E-state index in [-0.39, 0.29) is 0 Å². The van der Waals surface area contributed by atoms with Crippen molar-refractivity contribution < 1.29 is 5.11 Å². The molecule has 0 radical (unpaired) electrons. The first-order valence-corrected chi connectivity index (χ1v) is 6.36. The molecule has 16 heavy (non-hydrogen) atoms. The van der Waals surface area contributed by atoms with Gasteiger partial charge < -0.3 is 5.11 Å². The zero-order valence-electron chi connectivity index (χ0n) is 8.91. The quantitative estimate of drug-likeness (QED) is 0.910. The summed E-state index contributed by atoms with van der Waals surface area (Å²) in [7, 11) is 0. The van der Waals surface area contributed by atoms with Crippen LogP contribution in [0.1, 0.15) is 24.4 Å². The number of aromatic nitrogens is 3. The van der Waals surface area contributed by atoms with Crippen molar-refractivity contribution in [3.63, 3.8) is 0 Å². The van der Waals surface area contributed by atoms with Crippen LogP contribution in [0.15, 0.2) is 27.7 Å². The molecule has 0 fully saturated rings. The van der Waals surface area contributed by atoms with Crippen LogP contribution in [0.5, 0.6) is 0 Å². The average Bonchev–Trinajstić information content (AvgIpc) is 2.65. The molecular formula is C10H11N3OS2. The molecule has 0 aromatic carbocycles. The second-order valence-electron chi connectivity index (χ2n) is 3.32. The fourth-order valence-corrected chi connectivity index (χ4v) is 2.65. The second-order valence-corrected chi connectivity index (χ2v) is 5.33. The Hall–Kier alpha value is -0.980. The van der Waals surface area contributed by atoms with E-state index >= 15 is 0 Å². The lowest BCUT2D eigenvalue weighted by Gasteiger charge is -2.03. The van der Waals surface area contributed by atoms with Crippen LogP contribution in [0.2, 0.25) is 0 Å². The standard InChI is InChI=1S/C10H11N3OS2/c1-6(14)8-3-4-9(11-5-8)15-10-12-7(2)13-16-10/h3-6,14H,1-2H3/t6-/m1/s1. The van der Waals surface area contributed by atoms with Crippen LogP contribution in [0, 0.1) is 6.92 Å². The average molecular weight is 253 g/mol. The second kappa shape index (κ2) is 4.90. The maximum Gasteiger partial charge on any atom is 0.176 e. The Morgan fingerprint density at radius 1 is 1.44 bits per heavy atom. The molecule has 2 rings (SSSR count). The van der Waals surface area contributed by atoms with Crippen molar-refractivity contribution >= 4 is 23.3 Å². The molecule has 1 atom stereocenters. The van der Waals surface area contributed by atoms with Gasteiger partial charge in [0.25, 0.3) is 0 Å². The van der Waals surface area contributed by atoms with Gasteiger partial charge in [-0.25, -0.2) is 9.97 Å². The minimum Gasteiger partial charge on any atom is -0.389 e.